The minimum Gasteiger partial charge on any atom is -0.398 e. The van der Waals surface area contributed by atoms with E-state index in [1.54, 1.807) is 0 Å². The van der Waals surface area contributed by atoms with Gasteiger partial charge in [0.05, 0.1) is 0 Å². The quantitative estimate of drug-likeness (QED) is 0.722. The molecule has 0 bridgehead atoms. The van der Waals surface area contributed by atoms with Crippen LogP contribution in [0.25, 0.3) is 22.8 Å². The third kappa shape index (κ3) is 2.40. The number of aryl methyl sites for hydroxylation is 3. The molecule has 0 aliphatic carbocycles. The summed E-state index contributed by atoms with van der Waals surface area (Å²) in [6.07, 6.45) is 0. The van der Waals surface area contributed by atoms with Gasteiger partial charge in [0.25, 0.3) is 5.89 Å². The van der Waals surface area contributed by atoms with E-state index in [1.165, 1.54) is 5.56 Å². The number of nitrogen functional groups attached to an aromatic ring is 1. The van der Waals surface area contributed by atoms with Gasteiger partial charge >= 0.3 is 0 Å². The monoisotopic (exact) mass is 279 g/mol. The summed E-state index contributed by atoms with van der Waals surface area (Å²) >= 11 is 0. The molecule has 0 aliphatic heterocycles. The Kier molecular flexibility index (Phi) is 3.22. The van der Waals surface area contributed by atoms with Crippen LogP contribution < -0.4 is 5.73 Å². The second-order valence-corrected chi connectivity index (χ2v) is 5.28. The molecule has 4 nitrogen and oxygen atoms in total. The Bertz CT molecular complexity index is 782. The van der Waals surface area contributed by atoms with Gasteiger partial charge in [-0.05, 0) is 44.0 Å². The van der Waals surface area contributed by atoms with E-state index in [-0.39, 0.29) is 0 Å². The van der Waals surface area contributed by atoms with E-state index in [0.717, 1.165) is 22.3 Å². The highest BCUT2D eigenvalue weighted by atomic mass is 16.5. The van der Waals surface area contributed by atoms with Crippen molar-refractivity contribution in [2.75, 3.05) is 5.73 Å². The molecule has 2 aromatic carbocycles. The summed E-state index contributed by atoms with van der Waals surface area (Å²) in [4.78, 5) is 4.51. The zero-order chi connectivity index (χ0) is 15.0. The first-order valence-corrected chi connectivity index (χ1v) is 6.83. The third-order valence-corrected chi connectivity index (χ3v) is 3.52. The van der Waals surface area contributed by atoms with Gasteiger partial charge in [0, 0.05) is 16.8 Å². The smallest absolute Gasteiger partial charge is 0.258 e. The maximum absolute atomic E-state index is 5.96. The van der Waals surface area contributed by atoms with Crippen LogP contribution in [0.3, 0.4) is 0 Å². The van der Waals surface area contributed by atoms with Gasteiger partial charge in [-0.3, -0.25) is 0 Å². The van der Waals surface area contributed by atoms with Gasteiger partial charge in [0.1, 0.15) is 0 Å². The van der Waals surface area contributed by atoms with Gasteiger partial charge in [-0.15, -0.1) is 0 Å². The van der Waals surface area contributed by atoms with E-state index in [9.17, 15) is 0 Å². The average Bonchev–Trinajstić information content (AvgIpc) is 2.87. The van der Waals surface area contributed by atoms with Gasteiger partial charge < -0.3 is 10.3 Å². The summed E-state index contributed by atoms with van der Waals surface area (Å²) in [5.41, 5.74) is 11.9. The number of benzene rings is 2. The van der Waals surface area contributed by atoms with Gasteiger partial charge in [-0.2, -0.15) is 4.98 Å². The second-order valence-electron chi connectivity index (χ2n) is 5.28. The van der Waals surface area contributed by atoms with Crippen molar-refractivity contribution in [3.63, 3.8) is 0 Å². The lowest BCUT2D eigenvalue weighted by Gasteiger charge is -2.06. The third-order valence-electron chi connectivity index (χ3n) is 3.52. The summed E-state index contributed by atoms with van der Waals surface area (Å²) in [7, 11) is 0. The fourth-order valence-corrected chi connectivity index (χ4v) is 2.65. The average molecular weight is 279 g/mol. The van der Waals surface area contributed by atoms with Crippen molar-refractivity contribution >= 4 is 5.69 Å². The highest BCUT2D eigenvalue weighted by Gasteiger charge is 2.16. The first-order chi connectivity index (χ1) is 10.1. The number of hydrogen-bond donors (Lipinski definition) is 1. The Balaban J connectivity index is 2.10. The number of rotatable bonds is 2. The molecule has 1 aromatic heterocycles. The van der Waals surface area contributed by atoms with Gasteiger partial charge in [0.15, 0.2) is 0 Å². The van der Waals surface area contributed by atoms with Crippen LogP contribution in [0.2, 0.25) is 0 Å². The van der Waals surface area contributed by atoms with Crippen molar-refractivity contribution in [3.05, 3.63) is 53.1 Å². The van der Waals surface area contributed by atoms with E-state index >= 15 is 0 Å². The first-order valence-electron chi connectivity index (χ1n) is 6.83. The molecule has 3 aromatic rings. The number of hydrogen-bond acceptors (Lipinski definition) is 4. The Morgan fingerprint density at radius 1 is 1.00 bits per heavy atom. The molecule has 1 heterocycles. The van der Waals surface area contributed by atoms with Crippen LogP contribution in [0.1, 0.15) is 16.7 Å². The molecule has 0 saturated heterocycles. The van der Waals surface area contributed by atoms with Crippen LogP contribution in [0.5, 0.6) is 0 Å². The maximum Gasteiger partial charge on any atom is 0.258 e. The van der Waals surface area contributed by atoms with Gasteiger partial charge in [0.2, 0.25) is 5.82 Å². The molecule has 106 valence electrons. The van der Waals surface area contributed by atoms with Crippen molar-refractivity contribution in [2.24, 2.45) is 0 Å². The number of nitrogens with two attached hydrogens (primary N) is 1. The lowest BCUT2D eigenvalue weighted by molar-refractivity contribution is 0.432. The highest BCUT2D eigenvalue weighted by Crippen LogP contribution is 2.30. The Hall–Kier alpha value is -2.62. The number of anilines is 1. The topological polar surface area (TPSA) is 64.9 Å². The molecule has 0 spiro atoms. The van der Waals surface area contributed by atoms with Crippen molar-refractivity contribution in [3.8, 4) is 22.8 Å². The van der Waals surface area contributed by atoms with E-state index in [4.69, 9.17) is 10.3 Å². The zero-order valence-corrected chi connectivity index (χ0v) is 12.3. The molecule has 0 amide bonds. The van der Waals surface area contributed by atoms with Crippen LogP contribution in [0.15, 0.2) is 40.9 Å². The SMILES string of the molecule is Cc1cc(C)c(-c2nc(-c3ccccc3N)no2)c(C)c1. The van der Waals surface area contributed by atoms with Crippen LogP contribution in [0.4, 0.5) is 5.69 Å². The summed E-state index contributed by atoms with van der Waals surface area (Å²) < 4.78 is 5.44. The predicted octanol–water partition coefficient (Wildman–Crippen LogP) is 3.91. The van der Waals surface area contributed by atoms with E-state index < -0.39 is 0 Å². The lowest BCUT2D eigenvalue weighted by Crippen LogP contribution is -1.92. The van der Waals surface area contributed by atoms with Crippen molar-refractivity contribution < 1.29 is 4.52 Å². The van der Waals surface area contributed by atoms with Crippen LogP contribution in [-0.2, 0) is 0 Å². The van der Waals surface area contributed by atoms with Crippen LogP contribution in [-0.4, -0.2) is 10.1 Å². The number of aromatic nitrogens is 2. The number of para-hydroxylation sites is 1. The molecule has 0 unspecified atom stereocenters. The molecule has 2 N–H and O–H groups in total. The Morgan fingerprint density at radius 3 is 2.33 bits per heavy atom. The van der Waals surface area contributed by atoms with Crippen molar-refractivity contribution in [1.29, 1.82) is 0 Å². The summed E-state index contributed by atoms with van der Waals surface area (Å²) in [5, 5.41) is 4.06. The molecule has 0 aliphatic rings. The molecule has 0 saturated carbocycles. The van der Waals surface area contributed by atoms with Crippen LogP contribution in [0, 0.1) is 20.8 Å². The molecule has 0 fully saturated rings. The zero-order valence-electron chi connectivity index (χ0n) is 12.3. The Morgan fingerprint density at radius 2 is 1.67 bits per heavy atom. The molecular weight excluding hydrogens is 262 g/mol. The van der Waals surface area contributed by atoms with Crippen molar-refractivity contribution in [1.82, 2.24) is 10.1 Å². The minimum atomic E-state index is 0.516. The number of nitrogens with zero attached hydrogens (tertiary/aromatic N) is 2. The minimum absolute atomic E-state index is 0.516. The Labute approximate surface area is 123 Å². The molecule has 0 radical (unpaired) electrons. The predicted molar refractivity (Wildman–Crippen MR) is 83.8 cm³/mol. The molecular formula is C17H17N3O. The fraction of sp³-hybridized carbons (Fsp3) is 0.176. The van der Waals surface area contributed by atoms with Crippen LogP contribution >= 0.6 is 0 Å². The summed E-state index contributed by atoms with van der Waals surface area (Å²) in [5.74, 6) is 1.05. The summed E-state index contributed by atoms with van der Waals surface area (Å²) in [6.45, 7) is 6.18. The summed E-state index contributed by atoms with van der Waals surface area (Å²) in [6, 6.07) is 11.7. The largest absolute Gasteiger partial charge is 0.398 e. The molecule has 3 rings (SSSR count). The van der Waals surface area contributed by atoms with Crippen molar-refractivity contribution in [2.45, 2.75) is 20.8 Å². The highest BCUT2D eigenvalue weighted by molar-refractivity contribution is 5.73. The molecule has 4 heteroatoms. The van der Waals surface area contributed by atoms with Gasteiger partial charge in [-0.1, -0.05) is 35.0 Å². The lowest BCUT2D eigenvalue weighted by atomic mass is 10.00. The van der Waals surface area contributed by atoms with E-state index in [2.05, 4.69) is 43.0 Å². The first kappa shape index (κ1) is 13.4. The van der Waals surface area contributed by atoms with E-state index in [0.29, 0.717) is 17.4 Å². The maximum atomic E-state index is 5.96. The normalized spacial score (nSPS) is 10.8. The van der Waals surface area contributed by atoms with E-state index in [1.807, 2.05) is 24.3 Å². The second kappa shape index (κ2) is 5.05. The van der Waals surface area contributed by atoms with Gasteiger partial charge in [-0.25, -0.2) is 0 Å². The molecule has 21 heavy (non-hydrogen) atoms. The fourth-order valence-electron chi connectivity index (χ4n) is 2.65. The standard InChI is InChI=1S/C17H17N3O/c1-10-8-11(2)15(12(3)9-10)17-19-16(20-21-17)13-6-4-5-7-14(13)18/h4-9H,18H2,1-3H3. The molecule has 0 atom stereocenters.